The van der Waals surface area contributed by atoms with E-state index < -0.39 is 11.1 Å². The van der Waals surface area contributed by atoms with Crippen LogP contribution in [0.2, 0.25) is 0 Å². The summed E-state index contributed by atoms with van der Waals surface area (Å²) in [5, 5.41) is 0. The minimum absolute atomic E-state index is 0.323. The Morgan fingerprint density at radius 1 is 1.00 bits per heavy atom. The Balaban J connectivity index is 1.62. The van der Waals surface area contributed by atoms with Crippen molar-refractivity contribution < 1.29 is 13.2 Å². The molecule has 0 bridgehead atoms. The van der Waals surface area contributed by atoms with Crippen LogP contribution in [0.4, 0.5) is 13.2 Å². The minimum atomic E-state index is -4.37. The van der Waals surface area contributed by atoms with Crippen LogP contribution in [-0.4, -0.2) is 4.37 Å². The number of fused-ring (bicyclic) bond motifs is 1. The largest absolute Gasteiger partial charge is 0.427 e. The van der Waals surface area contributed by atoms with Gasteiger partial charge in [0.2, 0.25) is 0 Å². The average molecular weight is 430 g/mol. The molecule has 2 aromatic carbocycles. The van der Waals surface area contributed by atoms with Crippen LogP contribution in [0.3, 0.4) is 0 Å². The maximum absolute atomic E-state index is 13.7. The number of aryl methyl sites for hydroxylation is 3. The zero-order chi connectivity index (χ0) is 21.3. The highest BCUT2D eigenvalue weighted by molar-refractivity contribution is 7.06. The summed E-state index contributed by atoms with van der Waals surface area (Å²) in [6.07, 6.45) is 0.848. The van der Waals surface area contributed by atoms with Crippen molar-refractivity contribution >= 4 is 11.5 Å². The second-order valence-corrected chi connectivity index (χ2v) is 8.84. The van der Waals surface area contributed by atoms with Crippen LogP contribution in [0.1, 0.15) is 65.3 Å². The first-order valence-electron chi connectivity index (χ1n) is 10.7. The maximum atomic E-state index is 13.7. The van der Waals surface area contributed by atoms with Crippen molar-refractivity contribution in [2.75, 3.05) is 0 Å². The van der Waals surface area contributed by atoms with Crippen molar-refractivity contribution in [2.24, 2.45) is 0 Å². The molecule has 0 N–H and O–H groups in total. The van der Waals surface area contributed by atoms with E-state index in [1.807, 2.05) is 24.3 Å². The highest BCUT2D eigenvalue weighted by atomic mass is 32.1. The lowest BCUT2D eigenvalue weighted by atomic mass is 9.95. The Hall–Kier alpha value is -2.14. The first-order valence-corrected chi connectivity index (χ1v) is 11.4. The van der Waals surface area contributed by atoms with Crippen LogP contribution in [0.5, 0.6) is 0 Å². The predicted molar refractivity (Wildman–Crippen MR) is 117 cm³/mol. The van der Waals surface area contributed by atoms with E-state index >= 15 is 0 Å². The molecule has 0 saturated carbocycles. The van der Waals surface area contributed by atoms with Gasteiger partial charge in [0.15, 0.2) is 0 Å². The van der Waals surface area contributed by atoms with Crippen LogP contribution < -0.4 is 0 Å². The average Bonchev–Trinajstić information content (AvgIpc) is 3.35. The van der Waals surface area contributed by atoms with E-state index in [-0.39, 0.29) is 0 Å². The maximum Gasteiger partial charge on any atom is 0.427 e. The standard InChI is InChI=1S/C25H26F3NS/c1-3-16-5-9-19(10-6-16)23-22(24(30-29-23)25(26,27)28)14-8-17-7-13-21-18(4-2)11-12-20(21)15-17/h5-7,9-10,13,15,18H,3-4,8,11-12,14H2,1-2H3. The highest BCUT2D eigenvalue weighted by Crippen LogP contribution is 2.41. The van der Waals surface area contributed by atoms with Gasteiger partial charge in [-0.15, -0.1) is 0 Å². The molecule has 0 amide bonds. The monoisotopic (exact) mass is 429 g/mol. The molecular weight excluding hydrogens is 403 g/mol. The molecule has 0 radical (unpaired) electrons. The molecule has 0 spiro atoms. The molecule has 5 heteroatoms. The fourth-order valence-corrected chi connectivity index (χ4v) is 5.31. The van der Waals surface area contributed by atoms with Crippen molar-refractivity contribution in [1.29, 1.82) is 0 Å². The van der Waals surface area contributed by atoms with E-state index in [1.54, 1.807) is 0 Å². The normalized spacial score (nSPS) is 16.1. The zero-order valence-electron chi connectivity index (χ0n) is 17.4. The van der Waals surface area contributed by atoms with Crippen molar-refractivity contribution in [3.63, 3.8) is 0 Å². The molecule has 1 aromatic heterocycles. The van der Waals surface area contributed by atoms with E-state index in [1.165, 1.54) is 17.5 Å². The Bertz CT molecular complexity index is 1020. The zero-order valence-corrected chi connectivity index (χ0v) is 18.2. The lowest BCUT2D eigenvalue weighted by Crippen LogP contribution is -2.07. The first-order chi connectivity index (χ1) is 14.4. The van der Waals surface area contributed by atoms with Crippen LogP contribution in [0.25, 0.3) is 11.3 Å². The summed E-state index contributed by atoms with van der Waals surface area (Å²) in [6.45, 7) is 4.27. The van der Waals surface area contributed by atoms with Gasteiger partial charge in [0, 0.05) is 11.1 Å². The van der Waals surface area contributed by atoms with E-state index in [0.29, 0.717) is 41.5 Å². The van der Waals surface area contributed by atoms with Crippen molar-refractivity contribution in [1.82, 2.24) is 4.37 Å². The van der Waals surface area contributed by atoms with Gasteiger partial charge in [-0.1, -0.05) is 56.3 Å². The molecule has 0 aliphatic heterocycles. The Kier molecular flexibility index (Phi) is 6.01. The summed E-state index contributed by atoms with van der Waals surface area (Å²) in [5.41, 5.74) is 6.62. The SMILES string of the molecule is CCc1ccc(-c2nsc(C(F)(F)F)c2CCc2ccc3c(c2)CCC3CC)cc1. The minimum Gasteiger partial charge on any atom is -0.192 e. The first kappa shape index (κ1) is 21.1. The molecular formula is C25H26F3NS. The Morgan fingerprint density at radius 2 is 1.73 bits per heavy atom. The molecule has 0 fully saturated rings. The second-order valence-electron chi connectivity index (χ2n) is 8.06. The molecule has 1 unspecified atom stereocenters. The van der Waals surface area contributed by atoms with Gasteiger partial charge in [-0.25, -0.2) is 0 Å². The third kappa shape index (κ3) is 4.18. The fraction of sp³-hybridized carbons (Fsp3) is 0.400. The molecule has 30 heavy (non-hydrogen) atoms. The topological polar surface area (TPSA) is 12.9 Å². The molecule has 158 valence electrons. The molecule has 1 atom stereocenters. The highest BCUT2D eigenvalue weighted by Gasteiger charge is 2.37. The van der Waals surface area contributed by atoms with E-state index in [2.05, 4.69) is 36.4 Å². The molecule has 0 saturated heterocycles. The number of alkyl halides is 3. The lowest BCUT2D eigenvalue weighted by Gasteiger charge is -2.11. The van der Waals surface area contributed by atoms with Crippen molar-refractivity contribution in [3.05, 3.63) is 75.2 Å². The van der Waals surface area contributed by atoms with E-state index in [4.69, 9.17) is 0 Å². The molecule has 1 heterocycles. The summed E-state index contributed by atoms with van der Waals surface area (Å²) >= 11 is 0.571. The van der Waals surface area contributed by atoms with Gasteiger partial charge in [-0.05, 0) is 78.2 Å². The van der Waals surface area contributed by atoms with Crippen LogP contribution in [0, 0.1) is 0 Å². The number of aromatic nitrogens is 1. The summed E-state index contributed by atoms with van der Waals surface area (Å²) in [6, 6.07) is 14.2. The summed E-state index contributed by atoms with van der Waals surface area (Å²) < 4.78 is 45.2. The van der Waals surface area contributed by atoms with Gasteiger partial charge in [0.25, 0.3) is 0 Å². The Morgan fingerprint density at radius 3 is 2.40 bits per heavy atom. The molecule has 1 nitrogen and oxygen atoms in total. The van der Waals surface area contributed by atoms with Crippen molar-refractivity contribution in [2.45, 2.75) is 64.5 Å². The summed E-state index contributed by atoms with van der Waals surface area (Å²) in [7, 11) is 0. The smallest absolute Gasteiger partial charge is 0.192 e. The third-order valence-electron chi connectivity index (χ3n) is 6.25. The molecule has 1 aliphatic carbocycles. The molecule has 1 aliphatic rings. The lowest BCUT2D eigenvalue weighted by molar-refractivity contribution is -0.134. The van der Waals surface area contributed by atoms with Gasteiger partial charge < -0.3 is 0 Å². The van der Waals surface area contributed by atoms with Crippen LogP contribution in [-0.2, 0) is 31.9 Å². The van der Waals surface area contributed by atoms with E-state index in [9.17, 15) is 13.2 Å². The predicted octanol–water partition coefficient (Wildman–Crippen LogP) is 7.62. The second kappa shape index (κ2) is 8.54. The fourth-order valence-electron chi connectivity index (χ4n) is 4.50. The molecule has 4 rings (SSSR count). The van der Waals surface area contributed by atoms with Crippen LogP contribution >= 0.6 is 11.5 Å². The van der Waals surface area contributed by atoms with Gasteiger partial charge in [0.05, 0.1) is 5.69 Å². The third-order valence-corrected chi connectivity index (χ3v) is 7.18. The summed E-state index contributed by atoms with van der Waals surface area (Å²) in [5.74, 6) is 0.629. The summed E-state index contributed by atoms with van der Waals surface area (Å²) in [4.78, 5) is -0.565. The number of nitrogens with zero attached hydrogens (tertiary/aromatic N) is 1. The number of halogens is 3. The van der Waals surface area contributed by atoms with Crippen LogP contribution in [0.15, 0.2) is 42.5 Å². The van der Waals surface area contributed by atoms with Gasteiger partial charge in [-0.3, -0.25) is 0 Å². The van der Waals surface area contributed by atoms with E-state index in [0.717, 1.165) is 36.0 Å². The van der Waals surface area contributed by atoms with Gasteiger partial charge >= 0.3 is 6.18 Å². The number of benzene rings is 2. The molecule has 3 aromatic rings. The number of hydrogen-bond acceptors (Lipinski definition) is 2. The number of rotatable bonds is 6. The number of hydrogen-bond donors (Lipinski definition) is 0. The Labute approximate surface area is 180 Å². The van der Waals surface area contributed by atoms with Gasteiger partial charge in [0.1, 0.15) is 4.88 Å². The van der Waals surface area contributed by atoms with Crippen molar-refractivity contribution in [3.8, 4) is 11.3 Å². The quantitative estimate of drug-likeness (QED) is 0.393. The van der Waals surface area contributed by atoms with Gasteiger partial charge in [-0.2, -0.15) is 17.5 Å².